The first-order valence-electron chi connectivity index (χ1n) is 8.14. The monoisotopic (exact) mass is 428 g/mol. The molecule has 0 aromatic carbocycles. The van der Waals surface area contributed by atoms with E-state index in [0.717, 1.165) is 5.75 Å². The van der Waals surface area contributed by atoms with Crippen molar-refractivity contribution in [2.24, 2.45) is 0 Å². The van der Waals surface area contributed by atoms with E-state index >= 15 is 0 Å². The van der Waals surface area contributed by atoms with E-state index < -0.39 is 0 Å². The molecule has 1 aliphatic heterocycles. The van der Waals surface area contributed by atoms with Crippen molar-refractivity contribution >= 4 is 62.4 Å². The highest BCUT2D eigenvalue weighted by Crippen LogP contribution is 2.44. The molecule has 4 heterocycles. The molecule has 0 radical (unpaired) electrons. The molecule has 0 saturated carbocycles. The lowest BCUT2D eigenvalue weighted by atomic mass is 10.3. The Balaban J connectivity index is 1.49. The van der Waals surface area contributed by atoms with Gasteiger partial charge in [0.25, 0.3) is 0 Å². The maximum atomic E-state index is 3.37. The van der Waals surface area contributed by atoms with Gasteiger partial charge in [-0.05, 0) is 60.2 Å². The van der Waals surface area contributed by atoms with E-state index in [0.29, 0.717) is 0 Å². The quantitative estimate of drug-likeness (QED) is 0.360. The van der Waals surface area contributed by atoms with Crippen LogP contribution in [0.3, 0.4) is 0 Å². The molecular weight excluding hydrogens is 413 g/mol. The van der Waals surface area contributed by atoms with Crippen LogP contribution in [0.4, 0.5) is 0 Å². The predicted octanol–water partition coefficient (Wildman–Crippen LogP) is 8.60. The normalized spacial score (nSPS) is 14.0. The molecule has 0 unspecified atom stereocenters. The minimum absolute atomic E-state index is 0.982. The van der Waals surface area contributed by atoms with Crippen molar-refractivity contribution in [3.63, 3.8) is 0 Å². The van der Waals surface area contributed by atoms with Gasteiger partial charge in [-0.15, -0.1) is 51.5 Å². The zero-order valence-electron chi connectivity index (χ0n) is 14.1. The van der Waals surface area contributed by atoms with E-state index in [-0.39, 0.29) is 0 Å². The lowest BCUT2D eigenvalue weighted by Gasteiger charge is -2.08. The summed E-state index contributed by atoms with van der Waals surface area (Å²) in [6.45, 7) is 2.05. The summed E-state index contributed by atoms with van der Waals surface area (Å²) in [6.07, 6.45) is 6.31. The predicted molar refractivity (Wildman–Crippen MR) is 125 cm³/mol. The fraction of sp³-hybridized carbons (Fsp3) is 0.0952. The van der Waals surface area contributed by atoms with E-state index in [1.165, 1.54) is 34.2 Å². The fourth-order valence-electron chi connectivity index (χ4n) is 2.45. The Kier molecular flexibility index (Phi) is 6.05. The standard InChI is InChI=1S/C21H16S5/c1-2-12-22-14-15-5-3-6-17(24-15)19-10-11-21(26-19)20-9-8-18(25-20)16-7-4-13-23-16/h2-4,6-13H,14H2,1H3/b12-2-. The Morgan fingerprint density at radius 1 is 0.962 bits per heavy atom. The zero-order chi connectivity index (χ0) is 17.8. The third-order valence-corrected chi connectivity index (χ3v) is 9.40. The van der Waals surface area contributed by atoms with Crippen LogP contribution < -0.4 is 0 Å². The highest BCUT2D eigenvalue weighted by molar-refractivity contribution is 8.13. The second-order valence-corrected chi connectivity index (χ2v) is 10.6. The van der Waals surface area contributed by atoms with Crippen molar-refractivity contribution in [1.29, 1.82) is 0 Å². The summed E-state index contributed by atoms with van der Waals surface area (Å²) < 4.78 is 0. The molecule has 3 aromatic rings. The van der Waals surface area contributed by atoms with Crippen LogP contribution >= 0.6 is 57.5 Å². The van der Waals surface area contributed by atoms with Gasteiger partial charge in [-0.25, -0.2) is 0 Å². The molecule has 5 heteroatoms. The van der Waals surface area contributed by atoms with Gasteiger partial charge in [-0.1, -0.05) is 23.9 Å². The first-order valence-corrected chi connectivity index (χ1v) is 12.5. The fourth-order valence-corrected chi connectivity index (χ4v) is 7.22. The summed E-state index contributed by atoms with van der Waals surface area (Å²) in [4.78, 5) is 9.34. The Morgan fingerprint density at radius 2 is 1.69 bits per heavy atom. The molecule has 4 rings (SSSR count). The van der Waals surface area contributed by atoms with Crippen molar-refractivity contribution in [3.8, 4) is 19.5 Å². The van der Waals surface area contributed by atoms with Gasteiger partial charge < -0.3 is 0 Å². The molecule has 0 bridgehead atoms. The van der Waals surface area contributed by atoms with Gasteiger partial charge in [-0.3, -0.25) is 0 Å². The zero-order valence-corrected chi connectivity index (χ0v) is 18.2. The molecule has 0 aliphatic carbocycles. The van der Waals surface area contributed by atoms with E-state index in [1.807, 2.05) is 46.2 Å². The second-order valence-electron chi connectivity index (χ2n) is 5.45. The summed E-state index contributed by atoms with van der Waals surface area (Å²) in [5.74, 6) is 0.982. The Hall–Kier alpha value is -1.20. The highest BCUT2D eigenvalue weighted by atomic mass is 32.2. The highest BCUT2D eigenvalue weighted by Gasteiger charge is 2.13. The number of thioether (sulfide) groups is 2. The molecule has 3 aromatic heterocycles. The van der Waals surface area contributed by atoms with E-state index in [1.54, 1.807) is 11.3 Å². The molecule has 0 saturated heterocycles. The average Bonchev–Trinajstić information content (AvgIpc) is 3.42. The van der Waals surface area contributed by atoms with E-state index in [9.17, 15) is 0 Å². The Morgan fingerprint density at radius 3 is 2.42 bits per heavy atom. The topological polar surface area (TPSA) is 0 Å². The first-order chi connectivity index (χ1) is 12.8. The molecular formula is C21H16S5. The molecule has 1 aliphatic rings. The van der Waals surface area contributed by atoms with Crippen LogP contribution in [0, 0.1) is 0 Å². The summed E-state index contributed by atoms with van der Waals surface area (Å²) >= 11 is 9.22. The average molecular weight is 429 g/mol. The van der Waals surface area contributed by atoms with Crippen LogP contribution in [0.15, 0.2) is 76.1 Å². The summed E-state index contributed by atoms with van der Waals surface area (Å²) in [7, 11) is 0. The van der Waals surface area contributed by atoms with Gasteiger partial charge in [0.2, 0.25) is 0 Å². The minimum Gasteiger partial charge on any atom is -0.143 e. The van der Waals surface area contributed by atoms with Gasteiger partial charge in [0, 0.05) is 39.9 Å². The molecule has 0 spiro atoms. The molecule has 130 valence electrons. The molecule has 0 atom stereocenters. The van der Waals surface area contributed by atoms with Gasteiger partial charge in [0.05, 0.1) is 0 Å². The van der Waals surface area contributed by atoms with Crippen LogP contribution in [0.1, 0.15) is 11.8 Å². The maximum Gasteiger partial charge on any atom is 0.0449 e. The molecule has 0 amide bonds. The van der Waals surface area contributed by atoms with Crippen LogP contribution in [-0.4, -0.2) is 5.75 Å². The van der Waals surface area contributed by atoms with Crippen LogP contribution in [0.2, 0.25) is 0 Å². The van der Waals surface area contributed by atoms with Crippen molar-refractivity contribution in [2.75, 3.05) is 5.75 Å². The van der Waals surface area contributed by atoms with E-state index in [4.69, 9.17) is 0 Å². The van der Waals surface area contributed by atoms with Crippen LogP contribution in [0.25, 0.3) is 24.4 Å². The maximum absolute atomic E-state index is 3.37. The van der Waals surface area contributed by atoms with Gasteiger partial charge in [0.1, 0.15) is 0 Å². The Labute approximate surface area is 174 Å². The van der Waals surface area contributed by atoms with Crippen molar-refractivity contribution in [3.05, 3.63) is 80.9 Å². The number of rotatable bonds is 6. The SMILES string of the molecule is C/C=C\SCC1=C=CC=C(c2ccc(-c3ccc(-c4cccs4)s3)s2)S1. The smallest absolute Gasteiger partial charge is 0.0449 e. The third-order valence-electron chi connectivity index (χ3n) is 3.62. The first kappa shape index (κ1) is 18.2. The second kappa shape index (κ2) is 8.66. The number of allylic oxidation sites excluding steroid dienone is 2. The molecule has 0 fully saturated rings. The lowest BCUT2D eigenvalue weighted by Crippen LogP contribution is -1.84. The van der Waals surface area contributed by atoms with Crippen molar-refractivity contribution in [2.45, 2.75) is 6.92 Å². The van der Waals surface area contributed by atoms with Gasteiger partial charge >= 0.3 is 0 Å². The van der Waals surface area contributed by atoms with Crippen LogP contribution in [-0.2, 0) is 0 Å². The molecule has 0 nitrogen and oxygen atoms in total. The molecule has 26 heavy (non-hydrogen) atoms. The van der Waals surface area contributed by atoms with Crippen molar-refractivity contribution < 1.29 is 0 Å². The summed E-state index contributed by atoms with van der Waals surface area (Å²) in [5.41, 5.74) is 3.37. The Bertz CT molecular complexity index is 1000. The lowest BCUT2D eigenvalue weighted by molar-refractivity contribution is 1.71. The number of thiophene rings is 3. The van der Waals surface area contributed by atoms with E-state index in [2.05, 4.69) is 78.1 Å². The largest absolute Gasteiger partial charge is 0.143 e. The van der Waals surface area contributed by atoms with Gasteiger partial charge in [0.15, 0.2) is 0 Å². The number of hydrogen-bond donors (Lipinski definition) is 0. The molecule has 0 N–H and O–H groups in total. The third kappa shape index (κ3) is 4.20. The van der Waals surface area contributed by atoms with Gasteiger partial charge in [-0.2, -0.15) is 0 Å². The van der Waals surface area contributed by atoms with Crippen molar-refractivity contribution in [1.82, 2.24) is 0 Å². The minimum atomic E-state index is 0.982. The number of hydrogen-bond acceptors (Lipinski definition) is 5. The summed E-state index contributed by atoms with van der Waals surface area (Å²) in [6, 6.07) is 13.3. The summed E-state index contributed by atoms with van der Waals surface area (Å²) in [5, 5.41) is 4.27. The van der Waals surface area contributed by atoms with Crippen LogP contribution in [0.5, 0.6) is 0 Å².